The maximum Gasteiger partial charge on any atom is 0.155 e. The van der Waals surface area contributed by atoms with Crippen LogP contribution in [-0.2, 0) is 6.54 Å². The predicted molar refractivity (Wildman–Crippen MR) is 110 cm³/mol. The number of nitrogens with zero attached hydrogens (tertiary/aromatic N) is 4. The zero-order valence-electron chi connectivity index (χ0n) is 15.2. The van der Waals surface area contributed by atoms with E-state index in [4.69, 9.17) is 10.1 Å². The molecule has 5 rings (SSSR count). The molecule has 0 atom stereocenters. The third-order valence-corrected chi connectivity index (χ3v) is 6.13. The molecule has 1 saturated heterocycles. The first-order valence-corrected chi connectivity index (χ1v) is 10.4. The van der Waals surface area contributed by atoms with Crippen molar-refractivity contribution < 1.29 is 0 Å². The maximum atomic E-state index is 4.81. The zero-order valence-corrected chi connectivity index (χ0v) is 16.0. The molecule has 0 saturated carbocycles. The van der Waals surface area contributed by atoms with Crippen molar-refractivity contribution in [3.8, 4) is 11.1 Å². The van der Waals surface area contributed by atoms with Gasteiger partial charge in [0, 0.05) is 24.2 Å². The molecule has 0 aliphatic carbocycles. The minimum absolute atomic E-state index is 0.462. The van der Waals surface area contributed by atoms with E-state index < -0.39 is 0 Å². The van der Waals surface area contributed by atoms with Crippen LogP contribution in [0.3, 0.4) is 0 Å². The Morgan fingerprint density at radius 1 is 0.963 bits per heavy atom. The summed E-state index contributed by atoms with van der Waals surface area (Å²) in [5.74, 6) is 1.46. The van der Waals surface area contributed by atoms with E-state index in [2.05, 4.69) is 64.3 Å². The number of aromatic nitrogens is 3. The molecule has 27 heavy (non-hydrogen) atoms. The third kappa shape index (κ3) is 3.53. The first-order chi connectivity index (χ1) is 13.3. The smallest absolute Gasteiger partial charge is 0.155 e. The maximum absolute atomic E-state index is 4.81. The molecule has 0 radical (unpaired) electrons. The average molecular weight is 375 g/mol. The molecule has 0 amide bonds. The molecule has 0 unspecified atom stereocenters. The summed E-state index contributed by atoms with van der Waals surface area (Å²) in [5, 5.41) is 9.22. The first-order valence-electron chi connectivity index (χ1n) is 9.50. The zero-order chi connectivity index (χ0) is 18.1. The van der Waals surface area contributed by atoms with E-state index in [9.17, 15) is 0 Å². The van der Waals surface area contributed by atoms with Crippen molar-refractivity contribution >= 4 is 17.0 Å². The number of thiophene rings is 1. The van der Waals surface area contributed by atoms with Crippen LogP contribution in [0.15, 0.2) is 65.5 Å². The van der Waals surface area contributed by atoms with Crippen molar-refractivity contribution in [3.05, 3.63) is 76.9 Å². The minimum atomic E-state index is 0.462. The lowest BCUT2D eigenvalue weighted by molar-refractivity contribution is 0.202. The Morgan fingerprint density at radius 2 is 1.81 bits per heavy atom. The Kier molecular flexibility index (Phi) is 4.47. The van der Waals surface area contributed by atoms with E-state index in [0.29, 0.717) is 5.92 Å². The molecule has 4 heterocycles. The van der Waals surface area contributed by atoms with Crippen LogP contribution in [-0.4, -0.2) is 32.6 Å². The van der Waals surface area contributed by atoms with Gasteiger partial charge in [-0.3, -0.25) is 4.90 Å². The van der Waals surface area contributed by atoms with Gasteiger partial charge in [-0.15, -0.1) is 0 Å². The highest BCUT2D eigenvalue weighted by atomic mass is 32.1. The highest BCUT2D eigenvalue weighted by molar-refractivity contribution is 7.07. The minimum Gasteiger partial charge on any atom is -0.299 e. The van der Waals surface area contributed by atoms with E-state index >= 15 is 0 Å². The summed E-state index contributed by atoms with van der Waals surface area (Å²) in [7, 11) is 0. The van der Waals surface area contributed by atoms with Crippen molar-refractivity contribution in [2.45, 2.75) is 25.3 Å². The largest absolute Gasteiger partial charge is 0.299 e. The summed E-state index contributed by atoms with van der Waals surface area (Å²) >= 11 is 1.78. The molecule has 1 aliphatic heterocycles. The average Bonchev–Trinajstić information content (AvgIpc) is 3.38. The highest BCUT2D eigenvalue weighted by Crippen LogP contribution is 2.28. The van der Waals surface area contributed by atoms with Crippen LogP contribution in [0.2, 0.25) is 0 Å². The first kappa shape index (κ1) is 16.7. The monoisotopic (exact) mass is 374 g/mol. The number of hydrogen-bond donors (Lipinski definition) is 0. The number of fused-ring (bicyclic) bond motifs is 1. The van der Waals surface area contributed by atoms with E-state index in [0.717, 1.165) is 43.9 Å². The van der Waals surface area contributed by atoms with Crippen molar-refractivity contribution in [2.24, 2.45) is 0 Å². The number of hydrogen-bond acceptors (Lipinski definition) is 4. The van der Waals surface area contributed by atoms with E-state index in [-0.39, 0.29) is 0 Å². The molecular formula is C22H22N4S. The van der Waals surface area contributed by atoms with Gasteiger partial charge in [0.1, 0.15) is 0 Å². The quantitative estimate of drug-likeness (QED) is 0.513. The van der Waals surface area contributed by atoms with Crippen molar-refractivity contribution in [3.63, 3.8) is 0 Å². The van der Waals surface area contributed by atoms with Crippen LogP contribution in [0.25, 0.3) is 16.8 Å². The Hall–Kier alpha value is -2.50. The van der Waals surface area contributed by atoms with Crippen molar-refractivity contribution in [1.82, 2.24) is 19.5 Å². The standard InChI is InChI=1S/C22H22N4S/c1-2-4-18(5-3-1)20-6-7-21-23-22(24-26(21)15-20)19-8-11-25(12-9-19)14-17-10-13-27-16-17/h1-7,10,13,15-16,19H,8-9,11-12,14H2. The fraction of sp³-hybridized carbons (Fsp3) is 0.273. The second kappa shape index (κ2) is 7.25. The Labute approximate surface area is 163 Å². The fourth-order valence-electron chi connectivity index (χ4n) is 3.86. The summed E-state index contributed by atoms with van der Waals surface area (Å²) in [4.78, 5) is 7.35. The molecule has 136 valence electrons. The van der Waals surface area contributed by atoms with Crippen LogP contribution < -0.4 is 0 Å². The second-order valence-electron chi connectivity index (χ2n) is 7.24. The van der Waals surface area contributed by atoms with Gasteiger partial charge in [-0.05, 0) is 66.0 Å². The normalized spacial score (nSPS) is 16.1. The van der Waals surface area contributed by atoms with Crippen LogP contribution in [0.1, 0.15) is 30.1 Å². The predicted octanol–water partition coefficient (Wildman–Crippen LogP) is 4.84. The van der Waals surface area contributed by atoms with Crippen LogP contribution in [0.4, 0.5) is 0 Å². The van der Waals surface area contributed by atoms with Crippen LogP contribution >= 0.6 is 11.3 Å². The molecule has 5 heteroatoms. The van der Waals surface area contributed by atoms with Gasteiger partial charge in [0.25, 0.3) is 0 Å². The topological polar surface area (TPSA) is 33.4 Å². The number of pyridine rings is 1. The van der Waals surface area contributed by atoms with Gasteiger partial charge in [-0.2, -0.15) is 16.4 Å². The third-order valence-electron chi connectivity index (χ3n) is 5.39. The molecule has 0 spiro atoms. The van der Waals surface area contributed by atoms with Crippen molar-refractivity contribution in [2.75, 3.05) is 13.1 Å². The fourth-order valence-corrected chi connectivity index (χ4v) is 4.52. The lowest BCUT2D eigenvalue weighted by Crippen LogP contribution is -2.32. The van der Waals surface area contributed by atoms with E-state index in [1.54, 1.807) is 11.3 Å². The Bertz CT molecular complexity index is 1020. The molecule has 4 aromatic rings. The molecule has 3 aromatic heterocycles. The van der Waals surface area contributed by atoms with Gasteiger partial charge in [0.05, 0.1) is 0 Å². The summed E-state index contributed by atoms with van der Waals surface area (Å²) in [6.45, 7) is 3.30. The van der Waals surface area contributed by atoms with Gasteiger partial charge in [-0.25, -0.2) is 9.50 Å². The molecule has 1 aliphatic rings. The number of benzene rings is 1. The number of likely N-dealkylation sites (tertiary alicyclic amines) is 1. The molecule has 0 N–H and O–H groups in total. The van der Waals surface area contributed by atoms with Gasteiger partial charge in [0.2, 0.25) is 0 Å². The SMILES string of the molecule is c1ccc(-c2ccc3nc(C4CCN(Cc5ccsc5)CC4)nn3c2)cc1. The number of rotatable bonds is 4. The van der Waals surface area contributed by atoms with Crippen LogP contribution in [0.5, 0.6) is 0 Å². The lowest BCUT2D eigenvalue weighted by Gasteiger charge is -2.30. The van der Waals surface area contributed by atoms with Gasteiger partial charge < -0.3 is 0 Å². The van der Waals surface area contributed by atoms with Crippen LogP contribution in [0, 0.1) is 0 Å². The lowest BCUT2D eigenvalue weighted by atomic mass is 9.96. The second-order valence-corrected chi connectivity index (χ2v) is 8.02. The van der Waals surface area contributed by atoms with Gasteiger partial charge >= 0.3 is 0 Å². The summed E-state index contributed by atoms with van der Waals surface area (Å²) in [6, 6.07) is 16.9. The summed E-state index contributed by atoms with van der Waals surface area (Å²) < 4.78 is 1.94. The molecule has 0 bridgehead atoms. The van der Waals surface area contributed by atoms with Gasteiger partial charge in [-0.1, -0.05) is 30.3 Å². The molecule has 1 aromatic carbocycles. The van der Waals surface area contributed by atoms with E-state index in [1.807, 2.05) is 10.6 Å². The Balaban J connectivity index is 1.31. The summed E-state index contributed by atoms with van der Waals surface area (Å²) in [5.41, 5.74) is 4.74. The number of piperidine rings is 1. The molecule has 1 fully saturated rings. The van der Waals surface area contributed by atoms with E-state index in [1.165, 1.54) is 16.7 Å². The van der Waals surface area contributed by atoms with Crippen molar-refractivity contribution in [1.29, 1.82) is 0 Å². The molecule has 4 nitrogen and oxygen atoms in total. The molecular weight excluding hydrogens is 352 g/mol. The highest BCUT2D eigenvalue weighted by Gasteiger charge is 2.24. The van der Waals surface area contributed by atoms with Gasteiger partial charge in [0.15, 0.2) is 11.5 Å². The summed E-state index contributed by atoms with van der Waals surface area (Å²) in [6.07, 6.45) is 4.35. The Morgan fingerprint density at radius 3 is 2.59 bits per heavy atom.